The van der Waals surface area contributed by atoms with Crippen LogP contribution in [0, 0.1) is 11.7 Å². The zero-order chi connectivity index (χ0) is 11.5. The number of amides is 1. The molecule has 16 heavy (non-hydrogen) atoms. The minimum absolute atomic E-state index is 0.0126. The van der Waals surface area contributed by atoms with Gasteiger partial charge in [-0.1, -0.05) is 12.1 Å². The molecule has 0 bridgehead atoms. The van der Waals surface area contributed by atoms with Crippen LogP contribution < -0.4 is 0 Å². The fraction of sp³-hybridized carbons (Fsp3) is 0.333. The molecule has 4 heteroatoms. The maximum absolute atomic E-state index is 12.7. The van der Waals surface area contributed by atoms with E-state index in [-0.39, 0.29) is 17.6 Å². The molecule has 0 saturated carbocycles. The quantitative estimate of drug-likeness (QED) is 0.723. The van der Waals surface area contributed by atoms with Gasteiger partial charge >= 0.3 is 0 Å². The first-order valence-corrected chi connectivity index (χ1v) is 5.16. The van der Waals surface area contributed by atoms with Crippen LogP contribution in [0.15, 0.2) is 24.3 Å². The Bertz CT molecular complexity index is 402. The summed E-state index contributed by atoms with van der Waals surface area (Å²) >= 11 is 0. The van der Waals surface area contributed by atoms with Gasteiger partial charge in [-0.25, -0.2) is 4.39 Å². The van der Waals surface area contributed by atoms with Crippen molar-refractivity contribution >= 4 is 12.2 Å². The average Bonchev–Trinajstić information content (AvgIpc) is 2.63. The maximum atomic E-state index is 12.7. The van der Waals surface area contributed by atoms with E-state index < -0.39 is 0 Å². The van der Waals surface area contributed by atoms with Crippen molar-refractivity contribution in [1.29, 1.82) is 0 Å². The van der Waals surface area contributed by atoms with Crippen LogP contribution in [0.3, 0.4) is 0 Å². The Morgan fingerprint density at radius 3 is 2.62 bits per heavy atom. The third kappa shape index (κ3) is 2.27. The van der Waals surface area contributed by atoms with Gasteiger partial charge in [-0.2, -0.15) is 0 Å². The minimum atomic E-state index is -0.290. The number of hydrogen-bond donors (Lipinski definition) is 0. The van der Waals surface area contributed by atoms with E-state index in [9.17, 15) is 14.0 Å². The van der Waals surface area contributed by atoms with Crippen molar-refractivity contribution < 1.29 is 14.0 Å². The van der Waals surface area contributed by atoms with Crippen LogP contribution in [-0.4, -0.2) is 23.6 Å². The number of halogens is 1. The van der Waals surface area contributed by atoms with E-state index in [1.54, 1.807) is 17.0 Å². The molecule has 1 heterocycles. The fourth-order valence-electron chi connectivity index (χ4n) is 1.86. The number of benzene rings is 1. The summed E-state index contributed by atoms with van der Waals surface area (Å²) in [7, 11) is 0. The monoisotopic (exact) mass is 221 g/mol. The lowest BCUT2D eigenvalue weighted by atomic mass is 10.1. The number of carbonyl (C=O) groups is 2. The van der Waals surface area contributed by atoms with E-state index in [0.29, 0.717) is 19.5 Å². The van der Waals surface area contributed by atoms with Gasteiger partial charge in [-0.05, 0) is 17.7 Å². The summed E-state index contributed by atoms with van der Waals surface area (Å²) in [6.07, 6.45) is 1.12. The van der Waals surface area contributed by atoms with Gasteiger partial charge < -0.3 is 9.69 Å². The summed E-state index contributed by atoms with van der Waals surface area (Å²) in [6.45, 7) is 0.920. The highest BCUT2D eigenvalue weighted by Gasteiger charge is 2.28. The van der Waals surface area contributed by atoms with Crippen LogP contribution in [-0.2, 0) is 16.1 Å². The molecule has 1 amide bonds. The SMILES string of the molecule is O=CC1CC(=O)N(Cc2ccc(F)cc2)C1. The molecule has 1 aliphatic heterocycles. The van der Waals surface area contributed by atoms with Gasteiger partial charge in [0, 0.05) is 25.4 Å². The van der Waals surface area contributed by atoms with Crippen LogP contribution in [0.5, 0.6) is 0 Å². The van der Waals surface area contributed by atoms with Crippen molar-refractivity contribution in [3.8, 4) is 0 Å². The van der Waals surface area contributed by atoms with Gasteiger partial charge in [0.2, 0.25) is 5.91 Å². The molecule has 1 aromatic rings. The van der Waals surface area contributed by atoms with Crippen molar-refractivity contribution in [1.82, 2.24) is 4.90 Å². The highest BCUT2D eigenvalue weighted by Crippen LogP contribution is 2.18. The van der Waals surface area contributed by atoms with E-state index in [1.807, 2.05) is 0 Å². The number of rotatable bonds is 3. The number of carbonyl (C=O) groups excluding carboxylic acids is 2. The maximum Gasteiger partial charge on any atom is 0.223 e. The highest BCUT2D eigenvalue weighted by molar-refractivity contribution is 5.82. The van der Waals surface area contributed by atoms with Crippen molar-refractivity contribution in [2.24, 2.45) is 5.92 Å². The lowest BCUT2D eigenvalue weighted by Gasteiger charge is -2.15. The highest BCUT2D eigenvalue weighted by atomic mass is 19.1. The Labute approximate surface area is 92.9 Å². The normalized spacial score (nSPS) is 20.2. The van der Waals surface area contributed by atoms with Gasteiger partial charge in [0.25, 0.3) is 0 Å². The zero-order valence-electron chi connectivity index (χ0n) is 8.73. The Hall–Kier alpha value is -1.71. The molecule has 1 unspecified atom stereocenters. The summed E-state index contributed by atoms with van der Waals surface area (Å²) in [5.74, 6) is -0.489. The van der Waals surface area contributed by atoms with Crippen LogP contribution in [0.4, 0.5) is 4.39 Å². The average molecular weight is 221 g/mol. The van der Waals surface area contributed by atoms with Gasteiger partial charge in [0.15, 0.2) is 0 Å². The van der Waals surface area contributed by atoms with Crippen molar-refractivity contribution in [3.05, 3.63) is 35.6 Å². The molecule has 2 rings (SSSR count). The second kappa shape index (κ2) is 4.43. The third-order valence-electron chi connectivity index (χ3n) is 2.72. The lowest BCUT2D eigenvalue weighted by molar-refractivity contribution is -0.128. The summed E-state index contributed by atoms with van der Waals surface area (Å²) in [5, 5.41) is 0. The summed E-state index contributed by atoms with van der Waals surface area (Å²) < 4.78 is 12.7. The molecule has 3 nitrogen and oxygen atoms in total. The van der Waals surface area contributed by atoms with E-state index >= 15 is 0 Å². The largest absolute Gasteiger partial charge is 0.338 e. The summed E-state index contributed by atoms with van der Waals surface area (Å²) in [5.41, 5.74) is 0.876. The van der Waals surface area contributed by atoms with E-state index in [4.69, 9.17) is 0 Å². The van der Waals surface area contributed by atoms with Crippen molar-refractivity contribution in [3.63, 3.8) is 0 Å². The molecule has 1 saturated heterocycles. The molecule has 0 aromatic heterocycles. The first kappa shape index (κ1) is 10.8. The molecule has 84 valence electrons. The Morgan fingerprint density at radius 1 is 1.38 bits per heavy atom. The smallest absolute Gasteiger partial charge is 0.223 e. The Balaban J connectivity index is 2.02. The molecule has 0 aliphatic carbocycles. The van der Waals surface area contributed by atoms with Gasteiger partial charge in [0.05, 0.1) is 0 Å². The van der Waals surface area contributed by atoms with Crippen LogP contribution in [0.2, 0.25) is 0 Å². The van der Waals surface area contributed by atoms with E-state index in [2.05, 4.69) is 0 Å². The van der Waals surface area contributed by atoms with Crippen LogP contribution in [0.25, 0.3) is 0 Å². The Kier molecular flexibility index (Phi) is 2.99. The molecule has 0 N–H and O–H groups in total. The van der Waals surface area contributed by atoms with Crippen LogP contribution in [0.1, 0.15) is 12.0 Å². The molecule has 1 fully saturated rings. The fourth-order valence-corrected chi connectivity index (χ4v) is 1.86. The van der Waals surface area contributed by atoms with Crippen molar-refractivity contribution in [2.45, 2.75) is 13.0 Å². The van der Waals surface area contributed by atoms with Gasteiger partial charge in [-0.15, -0.1) is 0 Å². The van der Waals surface area contributed by atoms with Gasteiger partial charge in [-0.3, -0.25) is 4.79 Å². The van der Waals surface area contributed by atoms with Crippen molar-refractivity contribution in [2.75, 3.05) is 6.54 Å². The Morgan fingerprint density at radius 2 is 2.06 bits per heavy atom. The second-order valence-electron chi connectivity index (χ2n) is 4.00. The minimum Gasteiger partial charge on any atom is -0.338 e. The first-order valence-electron chi connectivity index (χ1n) is 5.16. The predicted molar refractivity (Wildman–Crippen MR) is 56.0 cm³/mol. The molecule has 0 spiro atoms. The first-order chi connectivity index (χ1) is 7.69. The standard InChI is InChI=1S/C12H12FNO2/c13-11-3-1-9(2-4-11)6-14-7-10(8-15)5-12(14)16/h1-4,8,10H,5-7H2. The molecule has 1 atom stereocenters. The lowest BCUT2D eigenvalue weighted by Crippen LogP contribution is -2.24. The summed E-state index contributed by atoms with van der Waals surface area (Å²) in [4.78, 5) is 23.7. The van der Waals surface area contributed by atoms with Crippen LogP contribution >= 0.6 is 0 Å². The molecule has 0 radical (unpaired) electrons. The molecular formula is C12H12FNO2. The second-order valence-corrected chi connectivity index (χ2v) is 4.00. The zero-order valence-corrected chi connectivity index (χ0v) is 8.73. The predicted octanol–water partition coefficient (Wildman–Crippen LogP) is 1.37. The topological polar surface area (TPSA) is 37.4 Å². The number of hydrogen-bond acceptors (Lipinski definition) is 2. The molecule has 1 aliphatic rings. The molecular weight excluding hydrogens is 209 g/mol. The third-order valence-corrected chi connectivity index (χ3v) is 2.72. The number of likely N-dealkylation sites (tertiary alicyclic amines) is 1. The number of nitrogens with zero attached hydrogens (tertiary/aromatic N) is 1. The van der Waals surface area contributed by atoms with E-state index in [1.165, 1.54) is 12.1 Å². The van der Waals surface area contributed by atoms with Gasteiger partial charge in [0.1, 0.15) is 12.1 Å². The molecule has 1 aromatic carbocycles. The van der Waals surface area contributed by atoms with E-state index in [0.717, 1.165) is 11.8 Å². The number of aldehydes is 1. The summed E-state index contributed by atoms with van der Waals surface area (Å²) in [6, 6.07) is 6.04.